The summed E-state index contributed by atoms with van der Waals surface area (Å²) in [6.07, 6.45) is 0.587. The van der Waals surface area contributed by atoms with Gasteiger partial charge in [-0.3, -0.25) is 9.79 Å². The number of fused-ring (bicyclic) bond motifs is 3. The van der Waals surface area contributed by atoms with Gasteiger partial charge in [0.05, 0.1) is 18.4 Å². The van der Waals surface area contributed by atoms with Gasteiger partial charge in [-0.05, 0) is 31.4 Å². The Bertz CT molecular complexity index is 1090. The smallest absolute Gasteiger partial charge is 0.408 e. The molecule has 12 heteroatoms. The summed E-state index contributed by atoms with van der Waals surface area (Å²) in [6, 6.07) is 5.16. The van der Waals surface area contributed by atoms with Gasteiger partial charge in [0.2, 0.25) is 5.91 Å². The van der Waals surface area contributed by atoms with Gasteiger partial charge < -0.3 is 25.7 Å². The summed E-state index contributed by atoms with van der Waals surface area (Å²) < 4.78 is 45.7. The van der Waals surface area contributed by atoms with Gasteiger partial charge in [0.25, 0.3) is 0 Å². The van der Waals surface area contributed by atoms with E-state index in [0.29, 0.717) is 43.3 Å². The molecule has 1 atom stereocenters. The Morgan fingerprint density at radius 2 is 2.12 bits per heavy atom. The summed E-state index contributed by atoms with van der Waals surface area (Å²) in [4.78, 5) is 25.7. The molecule has 0 saturated carbocycles. The van der Waals surface area contributed by atoms with Crippen molar-refractivity contribution in [3.8, 4) is 17.1 Å². The van der Waals surface area contributed by atoms with Crippen molar-refractivity contribution in [1.82, 2.24) is 9.55 Å². The molecule has 2 aromatic rings. The highest BCUT2D eigenvalue weighted by atomic mass is 19.4. The first kappa shape index (κ1) is 22.6. The Kier molecular flexibility index (Phi) is 6.25. The number of imidazole rings is 1. The fourth-order valence-electron chi connectivity index (χ4n) is 4.12. The van der Waals surface area contributed by atoms with E-state index in [4.69, 9.17) is 16.2 Å². The highest BCUT2D eigenvalue weighted by molar-refractivity contribution is 6.01. The Hall–Kier alpha value is -3.57. The SMILES string of the molecule is NC=NC(=NCC(F)(F)F)c1cn2c(n1)-c1ccc(N3CCCC[C@H]3C(N)=O)cc1OCC2. The number of nitrogens with zero attached hydrogens (tertiary/aromatic N) is 5. The van der Waals surface area contributed by atoms with E-state index in [1.807, 2.05) is 23.1 Å². The quantitative estimate of drug-likeness (QED) is 0.531. The molecule has 4 N–H and O–H groups in total. The maximum Gasteiger partial charge on any atom is 0.408 e. The highest BCUT2D eigenvalue weighted by Gasteiger charge is 2.29. The number of hydrogen-bond acceptors (Lipinski definition) is 5. The first-order valence-electron chi connectivity index (χ1n) is 10.5. The number of nitrogens with two attached hydrogens (primary N) is 2. The fraction of sp³-hybridized carbons (Fsp3) is 0.429. The van der Waals surface area contributed by atoms with Crippen molar-refractivity contribution in [2.75, 3.05) is 24.6 Å². The summed E-state index contributed by atoms with van der Waals surface area (Å²) in [6.45, 7) is 0.0790. The number of benzene rings is 1. The van der Waals surface area contributed by atoms with Crippen molar-refractivity contribution < 1.29 is 22.7 Å². The molecule has 1 aromatic heterocycles. The number of aliphatic imine (C=N–C) groups is 2. The van der Waals surface area contributed by atoms with E-state index < -0.39 is 12.7 Å². The third kappa shape index (κ3) is 4.94. The van der Waals surface area contributed by atoms with E-state index in [2.05, 4.69) is 15.0 Å². The number of ether oxygens (including phenoxy) is 1. The lowest BCUT2D eigenvalue weighted by Gasteiger charge is -2.35. The molecule has 1 aromatic carbocycles. The molecule has 4 rings (SSSR count). The van der Waals surface area contributed by atoms with Gasteiger partial charge in [0.15, 0.2) is 5.84 Å². The zero-order valence-corrected chi connectivity index (χ0v) is 17.8. The molecule has 0 bridgehead atoms. The lowest BCUT2D eigenvalue weighted by molar-refractivity contribution is -0.120. The van der Waals surface area contributed by atoms with Gasteiger partial charge in [-0.15, -0.1) is 0 Å². The summed E-state index contributed by atoms with van der Waals surface area (Å²) in [5, 5.41) is 0. The average molecular weight is 463 g/mol. The van der Waals surface area contributed by atoms with Gasteiger partial charge in [-0.1, -0.05) is 0 Å². The number of carbonyl (C=O) groups is 1. The molecule has 0 radical (unpaired) electrons. The number of halogens is 3. The molecule has 176 valence electrons. The molecular formula is C21H24F3N7O2. The van der Waals surface area contributed by atoms with Crippen LogP contribution in [0.2, 0.25) is 0 Å². The second-order valence-corrected chi connectivity index (χ2v) is 7.81. The predicted molar refractivity (Wildman–Crippen MR) is 117 cm³/mol. The number of rotatable bonds is 4. The van der Waals surface area contributed by atoms with Crippen LogP contribution in [0.5, 0.6) is 5.75 Å². The molecule has 0 spiro atoms. The summed E-state index contributed by atoms with van der Waals surface area (Å²) in [5.41, 5.74) is 12.6. The molecule has 0 aliphatic carbocycles. The minimum atomic E-state index is -4.47. The zero-order valence-electron chi connectivity index (χ0n) is 17.8. The highest BCUT2D eigenvalue weighted by Crippen LogP contribution is 2.37. The summed E-state index contributed by atoms with van der Waals surface area (Å²) in [5.74, 6) is 0.512. The third-order valence-corrected chi connectivity index (χ3v) is 5.57. The average Bonchev–Trinajstić information content (AvgIpc) is 3.12. The molecule has 1 fully saturated rings. The standard InChI is InChI=1S/C21H24F3N7O2/c22-21(23,24)11-27-19(28-12-25)15-10-30-7-8-33-17-9-13(4-5-14(17)20(30)29-15)31-6-2-1-3-16(31)18(26)32/h4-5,9-10,12,16H,1-3,6-8,11H2,(H2,26,32)(H2,25,27,28)/t16-/m0/s1. The molecule has 1 amide bonds. The van der Waals surface area contributed by atoms with Crippen molar-refractivity contribution in [3.05, 3.63) is 30.1 Å². The minimum Gasteiger partial charge on any atom is -0.491 e. The van der Waals surface area contributed by atoms with Crippen LogP contribution in [0.1, 0.15) is 25.0 Å². The second kappa shape index (κ2) is 9.12. The molecule has 1 saturated heterocycles. The maximum absolute atomic E-state index is 12.7. The third-order valence-electron chi connectivity index (χ3n) is 5.57. The Morgan fingerprint density at radius 1 is 1.30 bits per heavy atom. The zero-order chi connectivity index (χ0) is 23.6. The number of alkyl halides is 3. The van der Waals surface area contributed by atoms with Crippen LogP contribution in [-0.2, 0) is 11.3 Å². The molecule has 2 aliphatic rings. The number of amidine groups is 1. The largest absolute Gasteiger partial charge is 0.491 e. The summed E-state index contributed by atoms with van der Waals surface area (Å²) >= 11 is 0. The molecule has 0 unspecified atom stereocenters. The second-order valence-electron chi connectivity index (χ2n) is 7.81. The van der Waals surface area contributed by atoms with Crippen molar-refractivity contribution in [1.29, 1.82) is 0 Å². The molecule has 2 aliphatic heterocycles. The van der Waals surface area contributed by atoms with Crippen molar-refractivity contribution in [2.45, 2.75) is 38.0 Å². The van der Waals surface area contributed by atoms with E-state index >= 15 is 0 Å². The lowest BCUT2D eigenvalue weighted by atomic mass is 10.00. The van der Waals surface area contributed by atoms with Crippen LogP contribution in [0, 0.1) is 0 Å². The van der Waals surface area contributed by atoms with Gasteiger partial charge in [-0.25, -0.2) is 9.98 Å². The van der Waals surface area contributed by atoms with E-state index in [1.54, 1.807) is 10.8 Å². The molecular weight excluding hydrogens is 439 g/mol. The van der Waals surface area contributed by atoms with Crippen LogP contribution in [0.3, 0.4) is 0 Å². The molecule has 9 nitrogen and oxygen atoms in total. The van der Waals surface area contributed by atoms with Crippen LogP contribution in [0.4, 0.5) is 18.9 Å². The van der Waals surface area contributed by atoms with Crippen molar-refractivity contribution in [2.24, 2.45) is 21.5 Å². The first-order chi connectivity index (χ1) is 15.8. The minimum absolute atomic E-state index is 0.178. The van der Waals surface area contributed by atoms with Gasteiger partial charge >= 0.3 is 6.18 Å². The number of primary amides is 1. The Morgan fingerprint density at radius 3 is 2.85 bits per heavy atom. The summed E-state index contributed by atoms with van der Waals surface area (Å²) in [7, 11) is 0. The number of carbonyl (C=O) groups excluding carboxylic acids is 1. The molecule has 3 heterocycles. The van der Waals surface area contributed by atoms with Crippen molar-refractivity contribution in [3.63, 3.8) is 0 Å². The topological polar surface area (TPSA) is 124 Å². The fourth-order valence-corrected chi connectivity index (χ4v) is 4.12. The van der Waals surface area contributed by atoms with Crippen LogP contribution in [0.15, 0.2) is 34.4 Å². The van der Waals surface area contributed by atoms with E-state index in [-0.39, 0.29) is 23.5 Å². The number of amides is 1. The first-order valence-corrected chi connectivity index (χ1v) is 10.5. The Labute approximate surface area is 187 Å². The Balaban J connectivity index is 1.69. The monoisotopic (exact) mass is 463 g/mol. The number of anilines is 1. The van der Waals surface area contributed by atoms with Gasteiger partial charge in [0.1, 0.15) is 36.5 Å². The number of aromatic nitrogens is 2. The number of piperidine rings is 1. The van der Waals surface area contributed by atoms with Gasteiger partial charge in [-0.2, -0.15) is 13.2 Å². The normalized spacial score (nSPS) is 19.1. The van der Waals surface area contributed by atoms with E-state index in [9.17, 15) is 18.0 Å². The maximum atomic E-state index is 12.7. The van der Waals surface area contributed by atoms with E-state index in [0.717, 1.165) is 24.9 Å². The van der Waals surface area contributed by atoms with Crippen LogP contribution < -0.4 is 21.1 Å². The van der Waals surface area contributed by atoms with Crippen LogP contribution in [-0.4, -0.2) is 59.5 Å². The van der Waals surface area contributed by atoms with Crippen LogP contribution in [0.25, 0.3) is 11.4 Å². The number of hydrogen-bond donors (Lipinski definition) is 2. The molecule has 33 heavy (non-hydrogen) atoms. The lowest BCUT2D eigenvalue weighted by Crippen LogP contribution is -2.47. The van der Waals surface area contributed by atoms with Crippen LogP contribution >= 0.6 is 0 Å². The van der Waals surface area contributed by atoms with Crippen molar-refractivity contribution >= 4 is 23.8 Å². The van der Waals surface area contributed by atoms with E-state index in [1.165, 1.54) is 0 Å². The predicted octanol–water partition coefficient (Wildman–Crippen LogP) is 2.08. The van der Waals surface area contributed by atoms with Gasteiger partial charge in [0, 0.05) is 24.5 Å².